The number of ketones is 1. The molecule has 1 saturated carbocycles. The molecule has 0 spiro atoms. The van der Waals surface area contributed by atoms with Crippen LogP contribution in [0.4, 0.5) is 13.2 Å². The molecule has 1 aliphatic carbocycles. The molecule has 1 unspecified atom stereocenters. The van der Waals surface area contributed by atoms with Crippen LogP contribution in [-0.4, -0.2) is 59.1 Å². The summed E-state index contributed by atoms with van der Waals surface area (Å²) in [6.45, 7) is 3.12. The number of ether oxygens (including phenoxy) is 3. The maximum atomic E-state index is 12.8. The van der Waals surface area contributed by atoms with Crippen LogP contribution in [-0.2, 0) is 25.2 Å². The summed E-state index contributed by atoms with van der Waals surface area (Å²) in [6.07, 6.45) is -1.60. The quantitative estimate of drug-likeness (QED) is 0.189. The molecule has 1 aliphatic heterocycles. The van der Waals surface area contributed by atoms with Gasteiger partial charge in [0.1, 0.15) is 18.5 Å². The highest BCUT2D eigenvalue weighted by Crippen LogP contribution is 2.45. The van der Waals surface area contributed by atoms with Crippen LogP contribution in [0.3, 0.4) is 0 Å². The van der Waals surface area contributed by atoms with Crippen molar-refractivity contribution in [3.05, 3.63) is 42.0 Å². The predicted molar refractivity (Wildman–Crippen MR) is 123 cm³/mol. The summed E-state index contributed by atoms with van der Waals surface area (Å²) < 4.78 is 54.4. The van der Waals surface area contributed by atoms with E-state index in [0.29, 0.717) is 25.7 Å². The summed E-state index contributed by atoms with van der Waals surface area (Å²) in [5.74, 6) is -1.52. The SMILES string of the molecule is CC(C)OC(=O)CCC/C=C\C[C@@H]1[C@@H]([C@H]2OC2C(=O)COc2cccc(C(F)(F)F)c2)[C@H](O)C[C@@H]1O. The van der Waals surface area contributed by atoms with Gasteiger partial charge in [-0.05, 0) is 63.6 Å². The van der Waals surface area contributed by atoms with Gasteiger partial charge in [0.2, 0.25) is 5.78 Å². The third-order valence-corrected chi connectivity index (χ3v) is 6.37. The minimum absolute atomic E-state index is 0.0767. The maximum absolute atomic E-state index is 12.8. The van der Waals surface area contributed by atoms with Gasteiger partial charge >= 0.3 is 12.1 Å². The van der Waals surface area contributed by atoms with Crippen LogP contribution in [0.5, 0.6) is 5.75 Å². The number of alkyl halides is 3. The molecule has 36 heavy (non-hydrogen) atoms. The van der Waals surface area contributed by atoms with E-state index < -0.39 is 54.5 Å². The normalized spacial score (nSPS) is 28.0. The highest BCUT2D eigenvalue weighted by atomic mass is 19.4. The second kappa shape index (κ2) is 12.2. The van der Waals surface area contributed by atoms with E-state index in [9.17, 15) is 33.0 Å². The fourth-order valence-electron chi connectivity index (χ4n) is 4.63. The number of aliphatic hydroxyl groups is 2. The summed E-state index contributed by atoms with van der Waals surface area (Å²) in [5, 5.41) is 20.9. The summed E-state index contributed by atoms with van der Waals surface area (Å²) in [5.41, 5.74) is -0.873. The number of esters is 1. The standard InChI is InChI=1S/C26H33F3O7/c1-15(2)35-22(33)11-6-4-3-5-10-18-19(30)13-20(31)23(18)25-24(36-25)21(32)14-34-17-9-7-8-16(12-17)26(27,28)29/h3,5,7-9,12,15,18-20,23-25,30-31H,4,6,10-11,13-14H2,1-2H3/b5-3-/t18-,19-,20+,23+,24?,25+/m0/s1. The lowest BCUT2D eigenvalue weighted by atomic mass is 9.86. The van der Waals surface area contributed by atoms with Gasteiger partial charge in [0.25, 0.3) is 0 Å². The van der Waals surface area contributed by atoms with E-state index >= 15 is 0 Å². The van der Waals surface area contributed by atoms with E-state index in [2.05, 4.69) is 0 Å². The van der Waals surface area contributed by atoms with Crippen LogP contribution >= 0.6 is 0 Å². The van der Waals surface area contributed by atoms with E-state index in [1.807, 2.05) is 12.2 Å². The van der Waals surface area contributed by atoms with Crippen LogP contribution in [0.15, 0.2) is 36.4 Å². The van der Waals surface area contributed by atoms with E-state index in [0.717, 1.165) is 12.1 Å². The van der Waals surface area contributed by atoms with Gasteiger partial charge in [0.05, 0.1) is 30.0 Å². The highest BCUT2D eigenvalue weighted by Gasteiger charge is 2.57. The van der Waals surface area contributed by atoms with Crippen molar-refractivity contribution in [1.29, 1.82) is 0 Å². The smallest absolute Gasteiger partial charge is 0.416 e. The molecule has 200 valence electrons. The first-order valence-corrected chi connectivity index (χ1v) is 12.2. The number of rotatable bonds is 12. The molecule has 1 heterocycles. The zero-order chi connectivity index (χ0) is 26.5. The third kappa shape index (κ3) is 7.78. The van der Waals surface area contributed by atoms with Gasteiger partial charge < -0.3 is 24.4 Å². The molecule has 1 aromatic carbocycles. The van der Waals surface area contributed by atoms with Crippen LogP contribution in [0.2, 0.25) is 0 Å². The van der Waals surface area contributed by atoms with Gasteiger partial charge in [-0.3, -0.25) is 9.59 Å². The van der Waals surface area contributed by atoms with E-state index in [1.165, 1.54) is 12.1 Å². The summed E-state index contributed by atoms with van der Waals surface area (Å²) in [7, 11) is 0. The first-order chi connectivity index (χ1) is 17.0. The monoisotopic (exact) mass is 514 g/mol. The zero-order valence-corrected chi connectivity index (χ0v) is 20.3. The number of allylic oxidation sites excluding steroid dienone is 2. The second-order valence-corrected chi connectivity index (χ2v) is 9.55. The fourth-order valence-corrected chi connectivity index (χ4v) is 4.63. The summed E-state index contributed by atoms with van der Waals surface area (Å²) in [4.78, 5) is 24.1. The molecular weight excluding hydrogens is 481 g/mol. The number of carbonyl (C=O) groups is 2. The van der Waals surface area contributed by atoms with Gasteiger partial charge in [0.15, 0.2) is 0 Å². The molecular formula is C26H33F3O7. The molecule has 0 aromatic heterocycles. The van der Waals surface area contributed by atoms with Gasteiger partial charge in [0, 0.05) is 12.3 Å². The van der Waals surface area contributed by atoms with E-state index in [1.54, 1.807) is 13.8 Å². The number of hydrogen-bond donors (Lipinski definition) is 2. The molecule has 10 heteroatoms. The highest BCUT2D eigenvalue weighted by molar-refractivity contribution is 5.87. The van der Waals surface area contributed by atoms with Crippen molar-refractivity contribution < 1.29 is 47.2 Å². The minimum atomic E-state index is -4.52. The lowest BCUT2D eigenvalue weighted by Gasteiger charge is -2.20. The third-order valence-electron chi connectivity index (χ3n) is 6.37. The van der Waals surface area contributed by atoms with Crippen molar-refractivity contribution in [2.45, 2.75) is 82.6 Å². The number of halogens is 3. The van der Waals surface area contributed by atoms with Gasteiger partial charge in [-0.2, -0.15) is 13.2 Å². The van der Waals surface area contributed by atoms with Crippen molar-refractivity contribution in [3.63, 3.8) is 0 Å². The Kier molecular flexibility index (Phi) is 9.54. The van der Waals surface area contributed by atoms with Crippen molar-refractivity contribution in [2.75, 3.05) is 6.61 Å². The molecule has 3 rings (SSSR count). The van der Waals surface area contributed by atoms with Crippen molar-refractivity contribution in [1.82, 2.24) is 0 Å². The van der Waals surface area contributed by atoms with Gasteiger partial charge in [-0.25, -0.2) is 0 Å². The molecule has 2 N–H and O–H groups in total. The molecule has 0 bridgehead atoms. The van der Waals surface area contributed by atoms with Crippen molar-refractivity contribution >= 4 is 11.8 Å². The summed E-state index contributed by atoms with van der Waals surface area (Å²) in [6, 6.07) is 4.27. The average Bonchev–Trinajstić information content (AvgIpc) is 3.52. The topological polar surface area (TPSA) is 106 Å². The Morgan fingerprint density at radius 3 is 2.64 bits per heavy atom. The second-order valence-electron chi connectivity index (χ2n) is 9.55. The van der Waals surface area contributed by atoms with Crippen molar-refractivity contribution in [3.8, 4) is 5.75 Å². The number of Topliss-reactive ketones (excluding diaryl/α,β-unsaturated/α-hetero) is 1. The molecule has 2 aliphatic rings. The van der Waals surface area contributed by atoms with Crippen molar-refractivity contribution in [2.24, 2.45) is 11.8 Å². The van der Waals surface area contributed by atoms with E-state index in [4.69, 9.17) is 14.2 Å². The maximum Gasteiger partial charge on any atom is 0.416 e. The Balaban J connectivity index is 1.46. The number of epoxide rings is 1. The Morgan fingerprint density at radius 1 is 1.19 bits per heavy atom. The Bertz CT molecular complexity index is 930. The first kappa shape index (κ1) is 28.1. The molecule has 0 amide bonds. The molecule has 2 fully saturated rings. The van der Waals surface area contributed by atoms with Gasteiger partial charge in [-0.1, -0.05) is 18.2 Å². The Morgan fingerprint density at radius 2 is 1.94 bits per heavy atom. The van der Waals surface area contributed by atoms with Crippen LogP contribution in [0, 0.1) is 11.8 Å². The van der Waals surface area contributed by atoms with E-state index in [-0.39, 0.29) is 30.2 Å². The Labute approximate surface area is 208 Å². The molecule has 0 radical (unpaired) electrons. The molecule has 7 nitrogen and oxygen atoms in total. The molecule has 1 saturated heterocycles. The van der Waals surface area contributed by atoms with Crippen LogP contribution in [0.1, 0.15) is 51.5 Å². The summed E-state index contributed by atoms with van der Waals surface area (Å²) >= 11 is 0. The number of unbranched alkanes of at least 4 members (excludes halogenated alkanes) is 1. The number of carbonyl (C=O) groups excluding carboxylic acids is 2. The van der Waals surface area contributed by atoms with Gasteiger partial charge in [-0.15, -0.1) is 0 Å². The lowest BCUT2D eigenvalue weighted by molar-refractivity contribution is -0.147. The largest absolute Gasteiger partial charge is 0.486 e. The fraction of sp³-hybridized carbons (Fsp3) is 0.615. The van der Waals surface area contributed by atoms with Crippen LogP contribution in [0.25, 0.3) is 0 Å². The zero-order valence-electron chi connectivity index (χ0n) is 20.3. The number of aliphatic hydroxyl groups excluding tert-OH is 2. The number of benzene rings is 1. The number of hydrogen-bond acceptors (Lipinski definition) is 7. The minimum Gasteiger partial charge on any atom is -0.486 e. The lowest BCUT2D eigenvalue weighted by Crippen LogP contribution is -2.30. The predicted octanol–water partition coefficient (Wildman–Crippen LogP) is 3.85. The molecule has 6 atom stereocenters. The van der Waals surface area contributed by atoms with Crippen LogP contribution < -0.4 is 4.74 Å². The Hall–Kier alpha value is -2.43. The first-order valence-electron chi connectivity index (χ1n) is 12.2. The average molecular weight is 515 g/mol. The molecule has 1 aromatic rings.